The van der Waals surface area contributed by atoms with Crippen molar-refractivity contribution in [2.45, 2.75) is 37.9 Å². The highest BCUT2D eigenvalue weighted by molar-refractivity contribution is 7.95. The van der Waals surface area contributed by atoms with Gasteiger partial charge < -0.3 is 9.15 Å². The van der Waals surface area contributed by atoms with Crippen molar-refractivity contribution in [1.82, 2.24) is 4.98 Å². The van der Waals surface area contributed by atoms with Gasteiger partial charge in [-0.2, -0.15) is 0 Å². The molecular formula is C26H23F2N3O4S. The molecule has 0 saturated heterocycles. The van der Waals surface area contributed by atoms with E-state index in [2.05, 4.69) is 9.71 Å². The van der Waals surface area contributed by atoms with Crippen molar-refractivity contribution in [2.24, 2.45) is 0 Å². The quantitative estimate of drug-likeness (QED) is 0.292. The predicted octanol–water partition coefficient (Wildman–Crippen LogP) is 6.08. The third kappa shape index (κ3) is 4.32. The number of nitrogens with zero attached hydrogens (tertiary/aromatic N) is 1. The lowest BCUT2D eigenvalue weighted by molar-refractivity contribution is 0.422. The molecule has 1 atom stereocenters. The van der Waals surface area contributed by atoms with Crippen LogP contribution in [0.15, 0.2) is 63.9 Å². The Balaban J connectivity index is 1.46. The molecule has 186 valence electrons. The molecule has 36 heavy (non-hydrogen) atoms. The summed E-state index contributed by atoms with van der Waals surface area (Å²) in [5.74, 6) is -1.26. The molecule has 0 amide bonds. The Labute approximate surface area is 206 Å². The first-order valence-corrected chi connectivity index (χ1v) is 12.8. The van der Waals surface area contributed by atoms with Gasteiger partial charge >= 0.3 is 5.63 Å². The van der Waals surface area contributed by atoms with Crippen LogP contribution in [-0.4, -0.2) is 13.9 Å². The molecule has 1 saturated carbocycles. The summed E-state index contributed by atoms with van der Waals surface area (Å²) in [6, 6.07) is 12.0. The summed E-state index contributed by atoms with van der Waals surface area (Å²) in [5.41, 5.74) is 0.628. The maximum atomic E-state index is 15.3. The summed E-state index contributed by atoms with van der Waals surface area (Å²) in [7, 11) is -3.24. The molecule has 10 heteroatoms. The predicted molar refractivity (Wildman–Crippen MR) is 133 cm³/mol. The first-order valence-electron chi connectivity index (χ1n) is 11.3. The van der Waals surface area contributed by atoms with E-state index in [1.54, 1.807) is 32.0 Å². The molecule has 2 N–H and O–H groups in total. The average Bonchev–Trinajstić information content (AvgIpc) is 3.59. The minimum atomic E-state index is -3.24. The zero-order valence-electron chi connectivity index (χ0n) is 19.6. The zero-order chi connectivity index (χ0) is 25.7. The molecule has 2 aromatic heterocycles. The third-order valence-corrected chi connectivity index (χ3v) is 8.85. The molecule has 0 aliphatic heterocycles. The molecule has 0 bridgehead atoms. The second-order valence-corrected chi connectivity index (χ2v) is 11.4. The van der Waals surface area contributed by atoms with Gasteiger partial charge in [-0.1, -0.05) is 12.1 Å². The van der Waals surface area contributed by atoms with Crippen LogP contribution < -0.4 is 15.1 Å². The van der Waals surface area contributed by atoms with Crippen LogP contribution in [0.5, 0.6) is 11.6 Å². The van der Waals surface area contributed by atoms with E-state index in [-0.39, 0.29) is 40.4 Å². The van der Waals surface area contributed by atoms with E-state index in [1.807, 2.05) is 0 Å². The van der Waals surface area contributed by atoms with Gasteiger partial charge in [0, 0.05) is 29.6 Å². The van der Waals surface area contributed by atoms with Gasteiger partial charge in [0.1, 0.15) is 21.2 Å². The lowest BCUT2D eigenvalue weighted by Gasteiger charge is -2.18. The first kappa shape index (κ1) is 23.9. The molecule has 4 aromatic rings. The van der Waals surface area contributed by atoms with Crippen LogP contribution in [0.3, 0.4) is 0 Å². The summed E-state index contributed by atoms with van der Waals surface area (Å²) in [6.07, 6.45) is 2.63. The van der Waals surface area contributed by atoms with E-state index in [1.165, 1.54) is 36.5 Å². The number of hydrogen-bond acceptors (Lipinski definition) is 6. The largest absolute Gasteiger partial charge is 0.436 e. The second kappa shape index (κ2) is 8.70. The number of nitrogens with one attached hydrogen (secondary N) is 2. The highest BCUT2D eigenvalue weighted by Gasteiger charge is 2.47. The van der Waals surface area contributed by atoms with Gasteiger partial charge in [0.2, 0.25) is 0 Å². The number of rotatable bonds is 7. The zero-order valence-corrected chi connectivity index (χ0v) is 20.4. The fraction of sp³-hybridized carbons (Fsp3) is 0.231. The highest BCUT2D eigenvalue weighted by atomic mass is 32.2. The maximum Gasteiger partial charge on any atom is 0.340 e. The highest BCUT2D eigenvalue weighted by Crippen LogP contribution is 2.44. The minimum Gasteiger partial charge on any atom is -0.436 e. The normalized spacial score (nSPS) is 15.9. The molecular weight excluding hydrogens is 488 g/mol. The van der Waals surface area contributed by atoms with E-state index >= 15 is 4.39 Å². The Kier molecular flexibility index (Phi) is 5.78. The summed E-state index contributed by atoms with van der Waals surface area (Å²) in [4.78, 5) is 16.7. The molecule has 0 spiro atoms. The van der Waals surface area contributed by atoms with Crippen molar-refractivity contribution in [3.63, 3.8) is 0 Å². The number of benzene rings is 2. The van der Waals surface area contributed by atoms with E-state index in [4.69, 9.17) is 13.9 Å². The average molecular weight is 512 g/mol. The van der Waals surface area contributed by atoms with E-state index in [0.717, 1.165) is 0 Å². The summed E-state index contributed by atoms with van der Waals surface area (Å²) >= 11 is 0. The summed E-state index contributed by atoms with van der Waals surface area (Å²) < 4.78 is 63.0. The monoisotopic (exact) mass is 511 g/mol. The van der Waals surface area contributed by atoms with Crippen molar-refractivity contribution < 1.29 is 22.1 Å². The number of pyridine rings is 1. The summed E-state index contributed by atoms with van der Waals surface area (Å²) in [5, 5.41) is 0.615. The lowest BCUT2D eigenvalue weighted by Crippen LogP contribution is -2.26. The smallest absolute Gasteiger partial charge is 0.340 e. The maximum absolute atomic E-state index is 15.3. The molecule has 2 heterocycles. The van der Waals surface area contributed by atoms with Crippen LogP contribution in [-0.2, 0) is 16.3 Å². The Morgan fingerprint density at radius 3 is 2.69 bits per heavy atom. The Morgan fingerprint density at radius 2 is 1.97 bits per heavy atom. The van der Waals surface area contributed by atoms with Crippen LogP contribution in [0.2, 0.25) is 0 Å². The number of aromatic nitrogens is 1. The SMILES string of the molecule is Cc1c(Cc2cccc(NS(=N)(=O)C3(C)CC3)c2F)c(=O)oc2cc(Oc3ncccc3F)ccc12. The van der Waals surface area contributed by atoms with Crippen LogP contribution >= 0.6 is 0 Å². The van der Waals surface area contributed by atoms with Crippen LogP contribution in [0.4, 0.5) is 14.5 Å². The van der Waals surface area contributed by atoms with Gasteiger partial charge in [-0.25, -0.2) is 27.5 Å². The Hall–Kier alpha value is -3.79. The van der Waals surface area contributed by atoms with E-state index in [0.29, 0.717) is 23.8 Å². The van der Waals surface area contributed by atoms with Crippen LogP contribution in [0.1, 0.15) is 36.5 Å². The van der Waals surface area contributed by atoms with Crippen molar-refractivity contribution in [3.05, 3.63) is 93.5 Å². The molecule has 0 radical (unpaired) electrons. The van der Waals surface area contributed by atoms with Crippen molar-refractivity contribution in [2.75, 3.05) is 4.72 Å². The number of fused-ring (bicyclic) bond motifs is 1. The van der Waals surface area contributed by atoms with Crippen LogP contribution in [0.25, 0.3) is 11.0 Å². The first-order chi connectivity index (χ1) is 17.1. The van der Waals surface area contributed by atoms with E-state index < -0.39 is 31.9 Å². The third-order valence-electron chi connectivity index (χ3n) is 6.55. The number of anilines is 1. The summed E-state index contributed by atoms with van der Waals surface area (Å²) in [6.45, 7) is 3.47. The fourth-order valence-corrected chi connectivity index (χ4v) is 5.32. The van der Waals surface area contributed by atoms with Gasteiger partial charge in [0.05, 0.1) is 10.4 Å². The van der Waals surface area contributed by atoms with Gasteiger partial charge in [0.15, 0.2) is 11.6 Å². The molecule has 1 aliphatic rings. The second-order valence-electron chi connectivity index (χ2n) is 9.11. The van der Waals surface area contributed by atoms with Gasteiger partial charge in [-0.05, 0) is 68.1 Å². The Morgan fingerprint density at radius 1 is 1.19 bits per heavy atom. The lowest BCUT2D eigenvalue weighted by atomic mass is 9.99. The number of ether oxygens (including phenoxy) is 1. The Bertz CT molecular complexity index is 1660. The topological polar surface area (TPSA) is 105 Å². The van der Waals surface area contributed by atoms with Gasteiger partial charge in [0.25, 0.3) is 5.88 Å². The molecule has 1 fully saturated rings. The number of aryl methyl sites for hydroxylation is 1. The fourth-order valence-electron chi connectivity index (χ4n) is 3.93. The standard InChI is InChI=1S/C26H23F2N3O4S/c1-15-18-9-8-17(34-24-20(27)6-4-12-30-24)14-22(18)35-25(32)19(15)13-16-5-3-7-21(23(16)28)31-36(29,33)26(2)10-11-26/h3-9,12,14H,10-11,13H2,1-2H3,(H2,29,31,33). The number of hydrogen-bond donors (Lipinski definition) is 2. The number of halogens is 2. The van der Waals surface area contributed by atoms with Crippen molar-refractivity contribution in [1.29, 1.82) is 4.78 Å². The van der Waals surface area contributed by atoms with Crippen molar-refractivity contribution in [3.8, 4) is 11.6 Å². The van der Waals surface area contributed by atoms with Gasteiger partial charge in [-0.15, -0.1) is 0 Å². The molecule has 1 unspecified atom stereocenters. The van der Waals surface area contributed by atoms with Gasteiger partial charge in [-0.3, -0.25) is 4.72 Å². The minimum absolute atomic E-state index is 0.0352. The van der Waals surface area contributed by atoms with E-state index in [9.17, 15) is 13.4 Å². The van der Waals surface area contributed by atoms with Crippen molar-refractivity contribution >= 4 is 26.6 Å². The van der Waals surface area contributed by atoms with Crippen LogP contribution in [0, 0.1) is 23.3 Å². The molecule has 2 aromatic carbocycles. The molecule has 7 nitrogen and oxygen atoms in total. The molecule has 1 aliphatic carbocycles. The molecule has 5 rings (SSSR count).